The Labute approximate surface area is 147 Å². The average molecular weight is 348 g/mol. The van der Waals surface area contributed by atoms with E-state index in [1.165, 1.54) is 5.56 Å². The minimum absolute atomic E-state index is 0. The highest BCUT2D eigenvalue weighted by atomic mass is 35.5. The van der Waals surface area contributed by atoms with Crippen LogP contribution in [-0.2, 0) is 12.8 Å². The number of nitrogens with two attached hydrogens (primary N) is 1. The first-order chi connectivity index (χ1) is 11.2. The average Bonchev–Trinajstić information content (AvgIpc) is 3.19. The minimum atomic E-state index is -0.0379. The lowest BCUT2D eigenvalue weighted by molar-refractivity contribution is 0.0778. The van der Waals surface area contributed by atoms with Gasteiger partial charge < -0.3 is 15.2 Å². The first-order valence-electron chi connectivity index (χ1n) is 8.31. The van der Waals surface area contributed by atoms with Crippen molar-refractivity contribution in [3.05, 3.63) is 52.9 Å². The van der Waals surface area contributed by atoms with Gasteiger partial charge in [-0.25, -0.2) is 0 Å². The highest BCUT2D eigenvalue weighted by molar-refractivity contribution is 5.94. The van der Waals surface area contributed by atoms with Gasteiger partial charge >= 0.3 is 0 Å². The number of hydrogen-bond donors (Lipinski definition) is 1. The summed E-state index contributed by atoms with van der Waals surface area (Å²) in [7, 11) is 0. The lowest BCUT2D eigenvalue weighted by Crippen LogP contribution is -2.33. The monoisotopic (exact) mass is 347 g/mol. The minimum Gasteiger partial charge on any atom is -0.360 e. The quantitative estimate of drug-likeness (QED) is 0.906. The smallest absolute Gasteiger partial charge is 0.276 e. The number of carbonyl (C=O) groups excluding carboxylic acids is 1. The number of likely N-dealkylation sites (tertiary alicyclic amines) is 1. The van der Waals surface area contributed by atoms with Crippen molar-refractivity contribution in [2.45, 2.75) is 37.6 Å². The lowest BCUT2D eigenvalue weighted by atomic mass is 9.95. The molecule has 2 aromatic rings. The van der Waals surface area contributed by atoms with Gasteiger partial charge in [0.05, 0.1) is 0 Å². The van der Waals surface area contributed by atoms with Gasteiger partial charge in [0.1, 0.15) is 5.76 Å². The highest BCUT2D eigenvalue weighted by Gasteiger charge is 2.36. The van der Waals surface area contributed by atoms with Gasteiger partial charge in [0.2, 0.25) is 0 Å². The van der Waals surface area contributed by atoms with Crippen LogP contribution in [0.15, 0.2) is 34.9 Å². The molecule has 4 rings (SSSR count). The third-order valence-corrected chi connectivity index (χ3v) is 5.03. The van der Waals surface area contributed by atoms with Crippen LogP contribution in [0.3, 0.4) is 0 Å². The number of benzene rings is 1. The third-order valence-electron chi connectivity index (χ3n) is 5.03. The van der Waals surface area contributed by atoms with Gasteiger partial charge in [-0.2, -0.15) is 0 Å². The highest BCUT2D eigenvalue weighted by Crippen LogP contribution is 2.30. The molecule has 2 heterocycles. The molecule has 2 atom stereocenters. The van der Waals surface area contributed by atoms with Gasteiger partial charge in [0.25, 0.3) is 5.91 Å². The van der Waals surface area contributed by atoms with E-state index >= 15 is 0 Å². The molecular formula is C18H22ClN3O2. The molecule has 1 fully saturated rings. The Bertz CT molecular complexity index is 716. The Morgan fingerprint density at radius 3 is 2.71 bits per heavy atom. The Morgan fingerprint density at radius 2 is 1.92 bits per heavy atom. The second kappa shape index (κ2) is 6.95. The SMILES string of the molecule is Cl.N[C@@H]1CN(C(=O)c2noc3c2CCCC3)C[C@H]1c1ccccc1. The normalized spacial score (nSPS) is 22.8. The maximum Gasteiger partial charge on any atom is 0.276 e. The van der Waals surface area contributed by atoms with Crippen LogP contribution in [0.5, 0.6) is 0 Å². The van der Waals surface area contributed by atoms with Crippen molar-refractivity contribution in [1.82, 2.24) is 10.1 Å². The van der Waals surface area contributed by atoms with Crippen molar-refractivity contribution >= 4 is 18.3 Å². The van der Waals surface area contributed by atoms with Crippen LogP contribution in [0.25, 0.3) is 0 Å². The van der Waals surface area contributed by atoms with Gasteiger partial charge in [-0.1, -0.05) is 35.5 Å². The van der Waals surface area contributed by atoms with E-state index < -0.39 is 0 Å². The third kappa shape index (κ3) is 2.94. The predicted octanol–water partition coefficient (Wildman–Crippen LogP) is 2.54. The van der Waals surface area contributed by atoms with Crippen molar-refractivity contribution < 1.29 is 9.32 Å². The number of halogens is 1. The number of amides is 1. The fraction of sp³-hybridized carbons (Fsp3) is 0.444. The number of nitrogens with zero attached hydrogens (tertiary/aromatic N) is 2. The number of aromatic nitrogens is 1. The van der Waals surface area contributed by atoms with Crippen LogP contribution in [-0.4, -0.2) is 35.1 Å². The second-order valence-corrected chi connectivity index (χ2v) is 6.53. The summed E-state index contributed by atoms with van der Waals surface area (Å²) in [6.45, 7) is 1.21. The van der Waals surface area contributed by atoms with Gasteiger partial charge in [0, 0.05) is 37.0 Å². The Hall–Kier alpha value is -1.85. The molecule has 1 aliphatic heterocycles. The summed E-state index contributed by atoms with van der Waals surface area (Å²) in [5.41, 5.74) is 9.00. The Kier molecular flexibility index (Phi) is 4.92. The zero-order valence-electron chi connectivity index (χ0n) is 13.5. The maximum atomic E-state index is 12.9. The number of hydrogen-bond acceptors (Lipinski definition) is 4. The molecule has 6 heteroatoms. The lowest BCUT2D eigenvalue weighted by Gasteiger charge is -2.16. The second-order valence-electron chi connectivity index (χ2n) is 6.53. The topological polar surface area (TPSA) is 72.4 Å². The maximum absolute atomic E-state index is 12.9. The van der Waals surface area contributed by atoms with Crippen LogP contribution < -0.4 is 5.73 Å². The fourth-order valence-corrected chi connectivity index (χ4v) is 3.75. The van der Waals surface area contributed by atoms with Crippen molar-refractivity contribution in [3.8, 4) is 0 Å². The van der Waals surface area contributed by atoms with Gasteiger partial charge in [-0.05, 0) is 24.8 Å². The Balaban J connectivity index is 0.00000169. The van der Waals surface area contributed by atoms with Crippen molar-refractivity contribution in [1.29, 1.82) is 0 Å². The summed E-state index contributed by atoms with van der Waals surface area (Å²) in [6.07, 6.45) is 3.99. The molecule has 0 radical (unpaired) electrons. The van der Waals surface area contributed by atoms with Gasteiger partial charge in [-0.3, -0.25) is 4.79 Å². The van der Waals surface area contributed by atoms with E-state index in [-0.39, 0.29) is 30.3 Å². The van der Waals surface area contributed by atoms with E-state index in [1.807, 2.05) is 23.1 Å². The molecule has 1 aromatic carbocycles. The van der Waals surface area contributed by atoms with E-state index in [4.69, 9.17) is 10.3 Å². The molecule has 2 aliphatic rings. The molecule has 1 saturated heterocycles. The number of carbonyl (C=O) groups is 1. The molecule has 2 N–H and O–H groups in total. The van der Waals surface area contributed by atoms with E-state index in [9.17, 15) is 4.79 Å². The molecule has 0 bridgehead atoms. The molecular weight excluding hydrogens is 326 g/mol. The molecule has 128 valence electrons. The van der Waals surface area contributed by atoms with Crippen molar-refractivity contribution in [3.63, 3.8) is 0 Å². The molecule has 1 amide bonds. The molecule has 1 aliphatic carbocycles. The number of aryl methyl sites for hydroxylation is 1. The summed E-state index contributed by atoms with van der Waals surface area (Å²) in [4.78, 5) is 14.7. The van der Waals surface area contributed by atoms with E-state index in [0.717, 1.165) is 37.0 Å². The van der Waals surface area contributed by atoms with Crippen molar-refractivity contribution in [2.75, 3.05) is 13.1 Å². The molecule has 1 aromatic heterocycles. The number of rotatable bonds is 2. The zero-order valence-corrected chi connectivity index (χ0v) is 14.3. The van der Waals surface area contributed by atoms with Crippen LogP contribution in [0, 0.1) is 0 Å². The summed E-state index contributed by atoms with van der Waals surface area (Å²) in [5, 5.41) is 4.06. The van der Waals surface area contributed by atoms with E-state index in [0.29, 0.717) is 18.8 Å². The first-order valence-corrected chi connectivity index (χ1v) is 8.31. The largest absolute Gasteiger partial charge is 0.360 e. The van der Waals surface area contributed by atoms with Gasteiger partial charge in [0.15, 0.2) is 5.69 Å². The first kappa shape index (κ1) is 17.0. The van der Waals surface area contributed by atoms with Crippen LogP contribution >= 0.6 is 12.4 Å². The van der Waals surface area contributed by atoms with E-state index in [2.05, 4.69) is 17.3 Å². The predicted molar refractivity (Wildman–Crippen MR) is 93.5 cm³/mol. The molecule has 24 heavy (non-hydrogen) atoms. The van der Waals surface area contributed by atoms with Crippen LogP contribution in [0.2, 0.25) is 0 Å². The van der Waals surface area contributed by atoms with Gasteiger partial charge in [-0.15, -0.1) is 12.4 Å². The molecule has 0 saturated carbocycles. The summed E-state index contributed by atoms with van der Waals surface area (Å²) in [5.74, 6) is 1.04. The molecule has 0 unspecified atom stereocenters. The molecule has 5 nitrogen and oxygen atoms in total. The standard InChI is InChI=1S/C18H21N3O2.ClH/c19-15-11-21(10-14(15)12-6-2-1-3-7-12)18(22)17-13-8-4-5-9-16(13)23-20-17;/h1-3,6-7,14-15H,4-5,8-11,19H2;1H/t14-,15+;/m0./s1. The molecule has 0 spiro atoms. The van der Waals surface area contributed by atoms with Crippen LogP contribution in [0.1, 0.15) is 46.1 Å². The Morgan fingerprint density at radius 1 is 1.17 bits per heavy atom. The number of fused-ring (bicyclic) bond motifs is 1. The fourth-order valence-electron chi connectivity index (χ4n) is 3.75. The zero-order chi connectivity index (χ0) is 15.8. The summed E-state index contributed by atoms with van der Waals surface area (Å²) < 4.78 is 5.38. The van der Waals surface area contributed by atoms with Crippen LogP contribution in [0.4, 0.5) is 0 Å². The summed E-state index contributed by atoms with van der Waals surface area (Å²) in [6, 6.07) is 10.1. The van der Waals surface area contributed by atoms with E-state index in [1.54, 1.807) is 0 Å². The van der Waals surface area contributed by atoms with Crippen molar-refractivity contribution in [2.24, 2.45) is 5.73 Å². The summed E-state index contributed by atoms with van der Waals surface area (Å²) >= 11 is 0.